The number of fused-ring (bicyclic) bond motifs is 1. The third kappa shape index (κ3) is 5.22. The second-order valence-electron chi connectivity index (χ2n) is 8.74. The fourth-order valence-electron chi connectivity index (χ4n) is 4.38. The second-order valence-corrected chi connectivity index (χ2v) is 12.4. The maximum atomic E-state index is 13.0. The zero-order valence-corrected chi connectivity index (χ0v) is 22.7. The van der Waals surface area contributed by atoms with Crippen LogP contribution in [-0.4, -0.2) is 66.4 Å². The molecule has 0 aliphatic carbocycles. The molecule has 1 saturated heterocycles. The summed E-state index contributed by atoms with van der Waals surface area (Å²) in [6.07, 6.45) is 1.60. The van der Waals surface area contributed by atoms with Crippen molar-refractivity contribution in [2.45, 2.75) is 17.9 Å². The monoisotopic (exact) mass is 561 g/mol. The number of benzene rings is 2. The molecule has 188 valence electrons. The molecule has 0 amide bonds. The van der Waals surface area contributed by atoms with Crippen LogP contribution < -0.4 is 5.32 Å². The van der Waals surface area contributed by atoms with E-state index in [9.17, 15) is 8.42 Å². The largest absolute Gasteiger partial charge is 0.365 e. The van der Waals surface area contributed by atoms with E-state index in [4.69, 9.17) is 23.2 Å². The Kier molecular flexibility index (Phi) is 7.48. The van der Waals surface area contributed by atoms with E-state index < -0.39 is 10.0 Å². The van der Waals surface area contributed by atoms with E-state index in [1.807, 2.05) is 18.2 Å². The van der Waals surface area contributed by atoms with Gasteiger partial charge in [-0.2, -0.15) is 4.31 Å². The van der Waals surface area contributed by atoms with Crippen LogP contribution in [0.1, 0.15) is 6.92 Å². The molecular formula is C25H25Cl2N5O2S2. The lowest BCUT2D eigenvalue weighted by atomic mass is 10.1. The molecule has 0 radical (unpaired) electrons. The van der Waals surface area contributed by atoms with Gasteiger partial charge in [0.05, 0.1) is 25.2 Å². The molecule has 1 atom stereocenters. The van der Waals surface area contributed by atoms with Gasteiger partial charge in [-0.15, -0.1) is 11.3 Å². The first-order valence-corrected chi connectivity index (χ1v) is 14.6. The van der Waals surface area contributed by atoms with Crippen molar-refractivity contribution < 1.29 is 8.42 Å². The van der Waals surface area contributed by atoms with Crippen LogP contribution in [0.25, 0.3) is 21.3 Å². The van der Waals surface area contributed by atoms with Crippen molar-refractivity contribution in [3.05, 3.63) is 70.3 Å². The van der Waals surface area contributed by atoms with Gasteiger partial charge in [0.15, 0.2) is 0 Å². The van der Waals surface area contributed by atoms with E-state index in [1.54, 1.807) is 17.7 Å². The third-order valence-corrected chi connectivity index (χ3v) is 9.82. The Morgan fingerprint density at radius 1 is 1.03 bits per heavy atom. The van der Waals surface area contributed by atoms with Gasteiger partial charge < -0.3 is 5.32 Å². The van der Waals surface area contributed by atoms with Crippen molar-refractivity contribution in [2.75, 3.05) is 38.0 Å². The number of hydrogen-bond acceptors (Lipinski definition) is 7. The quantitative estimate of drug-likeness (QED) is 0.322. The Balaban J connectivity index is 1.21. The first kappa shape index (κ1) is 25.4. The van der Waals surface area contributed by atoms with Crippen LogP contribution >= 0.6 is 34.5 Å². The number of thiophene rings is 1. The van der Waals surface area contributed by atoms with E-state index in [2.05, 4.69) is 44.6 Å². The minimum absolute atomic E-state index is 0.114. The molecule has 36 heavy (non-hydrogen) atoms. The molecule has 11 heteroatoms. The molecule has 1 aliphatic rings. The molecule has 2 aromatic heterocycles. The molecule has 1 aliphatic heterocycles. The van der Waals surface area contributed by atoms with Crippen molar-refractivity contribution in [1.29, 1.82) is 0 Å². The summed E-state index contributed by atoms with van der Waals surface area (Å²) in [7, 11) is -3.61. The Morgan fingerprint density at radius 3 is 2.50 bits per heavy atom. The zero-order chi connectivity index (χ0) is 25.3. The van der Waals surface area contributed by atoms with Gasteiger partial charge in [-0.25, -0.2) is 18.4 Å². The lowest BCUT2D eigenvalue weighted by Gasteiger charge is -2.35. The Morgan fingerprint density at radius 2 is 1.78 bits per heavy atom. The van der Waals surface area contributed by atoms with Gasteiger partial charge in [0.25, 0.3) is 0 Å². The van der Waals surface area contributed by atoms with Gasteiger partial charge in [-0.05, 0) is 30.7 Å². The molecular weight excluding hydrogens is 537 g/mol. The number of anilines is 1. The maximum absolute atomic E-state index is 13.0. The van der Waals surface area contributed by atoms with Gasteiger partial charge in [-0.1, -0.05) is 53.5 Å². The smallest absolute Gasteiger partial charge is 0.243 e. The zero-order valence-electron chi connectivity index (χ0n) is 19.6. The normalized spacial score (nSPS) is 16.3. The first-order chi connectivity index (χ1) is 17.3. The minimum Gasteiger partial charge on any atom is -0.365 e. The Labute approximate surface area is 224 Å². The minimum atomic E-state index is -3.61. The molecule has 5 rings (SSSR count). The van der Waals surface area contributed by atoms with Gasteiger partial charge in [-0.3, -0.25) is 4.90 Å². The van der Waals surface area contributed by atoms with Crippen LogP contribution in [0, 0.1) is 0 Å². The van der Waals surface area contributed by atoms with Crippen LogP contribution in [0.2, 0.25) is 10.0 Å². The number of nitrogens with zero attached hydrogens (tertiary/aromatic N) is 4. The van der Waals surface area contributed by atoms with E-state index in [0.717, 1.165) is 33.7 Å². The van der Waals surface area contributed by atoms with Crippen molar-refractivity contribution in [2.24, 2.45) is 0 Å². The number of piperazine rings is 1. The van der Waals surface area contributed by atoms with Crippen LogP contribution in [0.3, 0.4) is 0 Å². The number of halogens is 2. The number of sulfonamides is 1. The van der Waals surface area contributed by atoms with Crippen molar-refractivity contribution in [3.63, 3.8) is 0 Å². The lowest BCUT2D eigenvalue weighted by molar-refractivity contribution is 0.184. The highest BCUT2D eigenvalue weighted by molar-refractivity contribution is 7.89. The van der Waals surface area contributed by atoms with Gasteiger partial charge in [0.2, 0.25) is 10.0 Å². The van der Waals surface area contributed by atoms with E-state index >= 15 is 0 Å². The number of rotatable bonds is 7. The summed E-state index contributed by atoms with van der Waals surface area (Å²) >= 11 is 13.6. The number of hydrogen-bond donors (Lipinski definition) is 1. The van der Waals surface area contributed by atoms with Crippen LogP contribution in [0.5, 0.6) is 0 Å². The fourth-order valence-corrected chi connectivity index (χ4v) is 7.17. The molecule has 1 N–H and O–H groups in total. The van der Waals surface area contributed by atoms with Crippen LogP contribution in [-0.2, 0) is 10.0 Å². The summed E-state index contributed by atoms with van der Waals surface area (Å²) in [6, 6.07) is 14.8. The highest BCUT2D eigenvalue weighted by atomic mass is 35.5. The summed E-state index contributed by atoms with van der Waals surface area (Å²) in [6.45, 7) is 4.99. The highest BCUT2D eigenvalue weighted by Crippen LogP contribution is 2.35. The first-order valence-electron chi connectivity index (χ1n) is 11.5. The van der Waals surface area contributed by atoms with Crippen molar-refractivity contribution in [3.8, 4) is 11.1 Å². The summed E-state index contributed by atoms with van der Waals surface area (Å²) in [5.74, 6) is 0.820. The van der Waals surface area contributed by atoms with Crippen LogP contribution in [0.15, 0.2) is 65.1 Å². The van der Waals surface area contributed by atoms with Gasteiger partial charge in [0.1, 0.15) is 12.1 Å². The predicted molar refractivity (Wildman–Crippen MR) is 148 cm³/mol. The van der Waals surface area contributed by atoms with E-state index in [1.165, 1.54) is 22.5 Å². The molecule has 2 aromatic carbocycles. The topological polar surface area (TPSA) is 78.4 Å². The lowest BCUT2D eigenvalue weighted by Crippen LogP contribution is -2.50. The molecule has 3 heterocycles. The molecule has 0 spiro atoms. The molecule has 0 bridgehead atoms. The molecule has 7 nitrogen and oxygen atoms in total. The number of nitrogens with one attached hydrogen (secondary N) is 1. The molecule has 1 fully saturated rings. The summed E-state index contributed by atoms with van der Waals surface area (Å²) < 4.78 is 28.6. The van der Waals surface area contributed by atoms with Gasteiger partial charge in [0, 0.05) is 49.7 Å². The fraction of sp³-hybridized carbons (Fsp3) is 0.280. The highest BCUT2D eigenvalue weighted by Gasteiger charge is 2.29. The van der Waals surface area contributed by atoms with Gasteiger partial charge >= 0.3 is 0 Å². The van der Waals surface area contributed by atoms with Crippen LogP contribution in [0.4, 0.5) is 5.82 Å². The van der Waals surface area contributed by atoms with Crippen molar-refractivity contribution in [1.82, 2.24) is 19.2 Å². The third-order valence-electron chi connectivity index (χ3n) is 6.21. The standard InChI is InChI=1S/C25H25Cl2N5O2S2/c1-17(30-25-24-23(28-16-29-25)20(15-35-24)18-5-3-2-4-6-18)14-31-9-11-32(12-10-31)36(33,34)19-7-8-21(26)22(27)13-19/h2-8,13,15-17H,9-12,14H2,1H3,(H,28,29,30). The second kappa shape index (κ2) is 10.6. The van der Waals surface area contributed by atoms with Crippen molar-refractivity contribution >= 4 is 60.6 Å². The SMILES string of the molecule is CC(CN1CCN(S(=O)(=O)c2ccc(Cl)c(Cl)c2)CC1)Nc1ncnc2c(-c3ccccc3)csc12. The average molecular weight is 563 g/mol. The summed E-state index contributed by atoms with van der Waals surface area (Å²) in [5, 5.41) is 6.23. The summed E-state index contributed by atoms with van der Waals surface area (Å²) in [5.41, 5.74) is 3.18. The molecule has 1 unspecified atom stereocenters. The molecule has 0 saturated carbocycles. The Bertz CT molecular complexity index is 1470. The average Bonchev–Trinajstić information content (AvgIpc) is 3.32. The predicted octanol–water partition coefficient (Wildman–Crippen LogP) is 5.47. The maximum Gasteiger partial charge on any atom is 0.243 e. The van der Waals surface area contributed by atoms with E-state index in [0.29, 0.717) is 31.2 Å². The van der Waals surface area contributed by atoms with E-state index in [-0.39, 0.29) is 16.0 Å². The summed E-state index contributed by atoms with van der Waals surface area (Å²) in [4.78, 5) is 11.5. The Hall–Kier alpha value is -2.27. The number of aromatic nitrogens is 2. The molecule has 4 aromatic rings.